The number of nitrogens with one attached hydrogen (secondary N) is 1. The van der Waals surface area contributed by atoms with Crippen molar-refractivity contribution in [3.8, 4) is 0 Å². The molecule has 1 aliphatic carbocycles. The number of carbonyl (C=O) groups excluding carboxylic acids is 3. The van der Waals surface area contributed by atoms with Crippen molar-refractivity contribution in [1.82, 2.24) is 0 Å². The Morgan fingerprint density at radius 3 is 2.20 bits per heavy atom. The predicted octanol–water partition coefficient (Wildman–Crippen LogP) is 7.74. The van der Waals surface area contributed by atoms with Crippen LogP contribution in [0.5, 0.6) is 0 Å². The molecule has 0 spiro atoms. The molecule has 0 heterocycles. The molecule has 2 atom stereocenters. The number of hydrogen-bond donors (Lipinski definition) is 1. The molecule has 0 saturated heterocycles. The van der Waals surface area contributed by atoms with Crippen LogP contribution >= 0.6 is 46.4 Å². The van der Waals surface area contributed by atoms with Gasteiger partial charge in [-0.25, -0.2) is 22.0 Å². The molecule has 1 fully saturated rings. The van der Waals surface area contributed by atoms with Gasteiger partial charge in [0.05, 0.1) is 16.0 Å². The molecule has 1 N–H and O–H groups in total. The van der Waals surface area contributed by atoms with Crippen molar-refractivity contribution < 1.29 is 36.3 Å². The molecule has 1 saturated carbocycles. The van der Waals surface area contributed by atoms with Gasteiger partial charge in [0.15, 0.2) is 5.78 Å². The second-order valence-corrected chi connectivity index (χ2v) is 11.3. The fourth-order valence-corrected chi connectivity index (χ4v) is 5.51. The molecule has 0 radical (unpaired) electrons. The van der Waals surface area contributed by atoms with Gasteiger partial charge in [0.2, 0.25) is 11.7 Å². The van der Waals surface area contributed by atoms with E-state index in [4.69, 9.17) is 46.4 Å². The Balaban J connectivity index is 1.51. The Bertz CT molecular complexity index is 1530. The SMILES string of the molecule is O=C(Cc1ccc(F)c(CC(=O)C(F)F)c1F)c1cc(NC(=O)[C@H]2[C@H](c3ccc(F)c(Cl)c3)C2(Cl)Cl)ccc1Cl. The van der Waals surface area contributed by atoms with Crippen LogP contribution in [0.4, 0.5) is 27.6 Å². The van der Waals surface area contributed by atoms with Gasteiger partial charge in [0, 0.05) is 35.6 Å². The van der Waals surface area contributed by atoms with Crippen LogP contribution in [0.25, 0.3) is 0 Å². The standard InChI is InChI=1S/C27H16Cl4F5NO3/c28-16-4-3-13(37-26(40)23-22(27(23,30)31)11-1-6-19(33)17(29)7-11)9-14(16)20(38)8-12-2-5-18(32)15(24(12)34)10-21(39)25(35)36/h1-7,9,22-23,25H,8,10H2,(H,37,40)/t22-,23+/m0/s1. The lowest BCUT2D eigenvalue weighted by Crippen LogP contribution is -2.18. The Morgan fingerprint density at radius 1 is 0.875 bits per heavy atom. The quantitative estimate of drug-likeness (QED) is 0.148. The summed E-state index contributed by atoms with van der Waals surface area (Å²) in [6.45, 7) is 0. The van der Waals surface area contributed by atoms with Crippen LogP contribution in [-0.4, -0.2) is 28.2 Å². The average molecular weight is 639 g/mol. The van der Waals surface area contributed by atoms with Crippen molar-refractivity contribution in [3.63, 3.8) is 0 Å². The second kappa shape index (κ2) is 11.6. The first kappa shape index (κ1) is 30.2. The van der Waals surface area contributed by atoms with Gasteiger partial charge >= 0.3 is 0 Å². The minimum Gasteiger partial charge on any atom is -0.326 e. The van der Waals surface area contributed by atoms with E-state index in [-0.39, 0.29) is 26.9 Å². The van der Waals surface area contributed by atoms with E-state index >= 15 is 0 Å². The van der Waals surface area contributed by atoms with Gasteiger partial charge in [-0.2, -0.15) is 0 Å². The van der Waals surface area contributed by atoms with E-state index in [0.29, 0.717) is 5.56 Å². The molecule has 13 heteroatoms. The number of anilines is 1. The number of alkyl halides is 4. The van der Waals surface area contributed by atoms with Gasteiger partial charge in [0.25, 0.3) is 6.43 Å². The van der Waals surface area contributed by atoms with E-state index < -0.39 is 75.9 Å². The van der Waals surface area contributed by atoms with Gasteiger partial charge in [-0.15, -0.1) is 23.2 Å². The molecule has 40 heavy (non-hydrogen) atoms. The number of Topliss-reactive ketones (excluding diaryl/α,β-unsaturated/α-hetero) is 2. The van der Waals surface area contributed by atoms with E-state index in [0.717, 1.165) is 18.2 Å². The number of carbonyl (C=O) groups is 3. The van der Waals surface area contributed by atoms with Crippen molar-refractivity contribution in [2.45, 2.75) is 29.5 Å². The van der Waals surface area contributed by atoms with Gasteiger partial charge in [-0.1, -0.05) is 35.3 Å². The van der Waals surface area contributed by atoms with Gasteiger partial charge in [-0.05, 0) is 47.5 Å². The molecular weight excluding hydrogens is 623 g/mol. The lowest BCUT2D eigenvalue weighted by atomic mass is 9.98. The molecule has 4 nitrogen and oxygen atoms in total. The summed E-state index contributed by atoms with van der Waals surface area (Å²) in [5.41, 5.74) is -0.794. The highest BCUT2D eigenvalue weighted by Gasteiger charge is 2.67. The van der Waals surface area contributed by atoms with Gasteiger partial charge < -0.3 is 5.32 Å². The minimum atomic E-state index is -3.41. The maximum atomic E-state index is 14.8. The molecule has 0 aliphatic heterocycles. The molecule has 1 amide bonds. The molecule has 3 aromatic rings. The topological polar surface area (TPSA) is 63.2 Å². The predicted molar refractivity (Wildman–Crippen MR) is 141 cm³/mol. The zero-order valence-electron chi connectivity index (χ0n) is 19.9. The highest BCUT2D eigenvalue weighted by Crippen LogP contribution is 2.65. The molecule has 1 aliphatic rings. The lowest BCUT2D eigenvalue weighted by molar-refractivity contribution is -0.128. The Morgan fingerprint density at radius 2 is 1.55 bits per heavy atom. The number of ketones is 2. The molecule has 0 unspecified atom stereocenters. The third-order valence-corrected chi connectivity index (χ3v) is 7.94. The Kier molecular flexibility index (Phi) is 8.80. The number of halogens is 9. The number of benzene rings is 3. The summed E-state index contributed by atoms with van der Waals surface area (Å²) in [6.07, 6.45) is -5.25. The number of amides is 1. The van der Waals surface area contributed by atoms with E-state index in [9.17, 15) is 36.3 Å². The van der Waals surface area contributed by atoms with Crippen LogP contribution in [0.1, 0.15) is 33.0 Å². The Labute approximate surface area is 244 Å². The smallest absolute Gasteiger partial charge is 0.296 e. The van der Waals surface area contributed by atoms with Crippen LogP contribution in [0, 0.1) is 23.4 Å². The van der Waals surface area contributed by atoms with Crippen molar-refractivity contribution in [2.24, 2.45) is 5.92 Å². The summed E-state index contributed by atoms with van der Waals surface area (Å²) in [7, 11) is 0. The summed E-state index contributed by atoms with van der Waals surface area (Å²) >= 11 is 24.6. The van der Waals surface area contributed by atoms with Crippen molar-refractivity contribution in [1.29, 1.82) is 0 Å². The molecular formula is C27H16Cl4F5NO3. The maximum Gasteiger partial charge on any atom is 0.296 e. The maximum absolute atomic E-state index is 14.8. The summed E-state index contributed by atoms with van der Waals surface area (Å²) in [5.74, 6) is -7.85. The molecule has 3 aromatic carbocycles. The van der Waals surface area contributed by atoms with E-state index in [1.807, 2.05) is 0 Å². The fraction of sp³-hybridized carbons (Fsp3) is 0.222. The zero-order valence-corrected chi connectivity index (χ0v) is 22.9. The third-order valence-electron chi connectivity index (χ3n) is 6.38. The first-order chi connectivity index (χ1) is 18.7. The Hall–Kier alpha value is -2.72. The first-order valence-corrected chi connectivity index (χ1v) is 13.0. The molecule has 210 valence electrons. The third kappa shape index (κ3) is 6.12. The van der Waals surface area contributed by atoms with E-state index in [2.05, 4.69) is 5.32 Å². The van der Waals surface area contributed by atoms with Crippen LogP contribution in [-0.2, 0) is 22.4 Å². The van der Waals surface area contributed by atoms with E-state index in [1.165, 1.54) is 30.3 Å². The monoisotopic (exact) mass is 637 g/mol. The summed E-state index contributed by atoms with van der Waals surface area (Å²) in [6, 6.07) is 9.47. The van der Waals surface area contributed by atoms with Crippen molar-refractivity contribution in [2.75, 3.05) is 5.32 Å². The summed E-state index contributed by atoms with van der Waals surface area (Å²) < 4.78 is 66.1. The molecule has 0 bridgehead atoms. The first-order valence-electron chi connectivity index (χ1n) is 11.4. The normalized spacial score (nSPS) is 17.6. The van der Waals surface area contributed by atoms with Crippen LogP contribution in [0.3, 0.4) is 0 Å². The second-order valence-electron chi connectivity index (χ2n) is 9.03. The van der Waals surface area contributed by atoms with Gasteiger partial charge in [0.1, 0.15) is 21.8 Å². The number of hydrogen-bond acceptors (Lipinski definition) is 3. The molecule has 4 rings (SSSR count). The molecule has 0 aromatic heterocycles. The minimum absolute atomic E-state index is 0.0482. The average Bonchev–Trinajstić information content (AvgIpc) is 3.47. The fourth-order valence-electron chi connectivity index (χ4n) is 4.27. The van der Waals surface area contributed by atoms with Crippen LogP contribution in [0.15, 0.2) is 48.5 Å². The highest BCUT2D eigenvalue weighted by atomic mass is 35.5. The highest BCUT2D eigenvalue weighted by molar-refractivity contribution is 6.53. The summed E-state index contributed by atoms with van der Waals surface area (Å²) in [5, 5.41) is 2.36. The van der Waals surface area contributed by atoms with Crippen LogP contribution < -0.4 is 5.32 Å². The van der Waals surface area contributed by atoms with E-state index in [1.54, 1.807) is 0 Å². The largest absolute Gasteiger partial charge is 0.326 e. The number of rotatable bonds is 9. The van der Waals surface area contributed by atoms with Crippen molar-refractivity contribution >= 4 is 69.6 Å². The van der Waals surface area contributed by atoms with Gasteiger partial charge in [-0.3, -0.25) is 14.4 Å². The van der Waals surface area contributed by atoms with Crippen molar-refractivity contribution in [3.05, 3.63) is 98.3 Å². The lowest BCUT2D eigenvalue weighted by Gasteiger charge is -2.11. The zero-order chi connectivity index (χ0) is 29.5. The summed E-state index contributed by atoms with van der Waals surface area (Å²) in [4.78, 5) is 37.3. The van der Waals surface area contributed by atoms with Crippen LogP contribution in [0.2, 0.25) is 10.0 Å².